The van der Waals surface area contributed by atoms with Crippen LogP contribution in [0.2, 0.25) is 5.02 Å². The van der Waals surface area contributed by atoms with E-state index in [0.717, 1.165) is 0 Å². The molecule has 0 heterocycles. The predicted octanol–water partition coefficient (Wildman–Crippen LogP) is 1.42. The van der Waals surface area contributed by atoms with Crippen molar-refractivity contribution in [3.8, 4) is 0 Å². The van der Waals surface area contributed by atoms with Crippen molar-refractivity contribution in [3.05, 3.63) is 34.1 Å². The number of carbonyl (C=O) groups excluding carboxylic acids is 1. The summed E-state index contributed by atoms with van der Waals surface area (Å²) >= 11 is 7.29. The normalized spacial score (nSPS) is 11.3. The summed E-state index contributed by atoms with van der Waals surface area (Å²) in [6, 6.07) is 2.92. The second-order valence-corrected chi connectivity index (χ2v) is 5.31. The van der Waals surface area contributed by atoms with Gasteiger partial charge in [0.2, 0.25) is 0 Å². The van der Waals surface area contributed by atoms with E-state index in [-0.39, 0.29) is 10.6 Å². The van der Waals surface area contributed by atoms with E-state index in [1.807, 2.05) is 23.5 Å². The molecule has 4 N–H and O–H groups in total. The van der Waals surface area contributed by atoms with Crippen LogP contribution in [0.4, 0.5) is 4.39 Å². The summed E-state index contributed by atoms with van der Waals surface area (Å²) in [7, 11) is 3.68. The molecular formula is C11H16ClFN4OS. The molecule has 0 aliphatic carbocycles. The first-order chi connectivity index (χ1) is 8.88. The van der Waals surface area contributed by atoms with Gasteiger partial charge in [0, 0.05) is 14.1 Å². The van der Waals surface area contributed by atoms with Gasteiger partial charge in [-0.3, -0.25) is 4.79 Å². The van der Waals surface area contributed by atoms with Crippen LogP contribution >= 0.6 is 23.5 Å². The highest BCUT2D eigenvalue weighted by atomic mass is 35.5. The van der Waals surface area contributed by atoms with E-state index < -0.39 is 11.7 Å². The maximum atomic E-state index is 13.9. The number of carbonyl (C=O) groups is 1. The van der Waals surface area contributed by atoms with Crippen LogP contribution in [-0.2, 0) is 6.54 Å². The van der Waals surface area contributed by atoms with Gasteiger partial charge >= 0.3 is 0 Å². The number of primary amides is 1. The Morgan fingerprint density at radius 2 is 2.11 bits per heavy atom. The molecule has 1 amide bonds. The van der Waals surface area contributed by atoms with E-state index in [4.69, 9.17) is 23.1 Å². The fraction of sp³-hybridized carbons (Fsp3) is 0.364. The van der Waals surface area contributed by atoms with Crippen molar-refractivity contribution < 1.29 is 9.18 Å². The Morgan fingerprint density at radius 3 is 2.58 bits per heavy atom. The zero-order chi connectivity index (χ0) is 14.6. The maximum absolute atomic E-state index is 13.9. The van der Waals surface area contributed by atoms with Crippen LogP contribution in [0.5, 0.6) is 0 Å². The van der Waals surface area contributed by atoms with Gasteiger partial charge in [0.15, 0.2) is 5.82 Å². The van der Waals surface area contributed by atoms with E-state index in [0.29, 0.717) is 18.0 Å². The Bertz CT molecular complexity index is 472. The number of amides is 1. The smallest absolute Gasteiger partial charge is 0.251 e. The van der Waals surface area contributed by atoms with Crippen molar-refractivity contribution in [2.24, 2.45) is 11.5 Å². The molecule has 0 radical (unpaired) electrons. The van der Waals surface area contributed by atoms with Crippen LogP contribution < -0.4 is 11.5 Å². The fourth-order valence-corrected chi connectivity index (χ4v) is 2.29. The molecular weight excluding hydrogens is 291 g/mol. The van der Waals surface area contributed by atoms with Crippen LogP contribution in [0.25, 0.3) is 0 Å². The molecule has 0 aliphatic rings. The van der Waals surface area contributed by atoms with Crippen molar-refractivity contribution in [1.29, 1.82) is 0 Å². The highest BCUT2D eigenvalue weighted by Gasteiger charge is 2.17. The number of halogens is 2. The summed E-state index contributed by atoms with van der Waals surface area (Å²) in [6.45, 7) is 0.365. The number of hydrogen-bond acceptors (Lipinski definition) is 5. The Labute approximate surface area is 120 Å². The van der Waals surface area contributed by atoms with Crippen LogP contribution in [0.1, 0.15) is 15.9 Å². The van der Waals surface area contributed by atoms with Gasteiger partial charge in [-0.15, -0.1) is 0 Å². The molecule has 0 aromatic heterocycles. The lowest BCUT2D eigenvalue weighted by Crippen LogP contribution is -2.31. The van der Waals surface area contributed by atoms with Gasteiger partial charge in [0.25, 0.3) is 5.91 Å². The summed E-state index contributed by atoms with van der Waals surface area (Å²) < 4.78 is 15.7. The molecule has 0 bridgehead atoms. The highest BCUT2D eigenvalue weighted by Crippen LogP contribution is 2.26. The molecule has 1 aromatic rings. The van der Waals surface area contributed by atoms with Gasteiger partial charge < -0.3 is 11.5 Å². The van der Waals surface area contributed by atoms with Gasteiger partial charge in [-0.1, -0.05) is 17.7 Å². The zero-order valence-corrected chi connectivity index (χ0v) is 12.3. The molecule has 1 aromatic carbocycles. The average molecular weight is 307 g/mol. The standard InChI is InChI=1S/C11H16ClFN4OS/c1-16(2)17(19-6-14)5-7-3-4-8(11(15)18)10(13)9(7)12/h3-4H,5-6,14H2,1-2H3,(H2,15,18). The molecule has 0 saturated heterocycles. The third-order valence-electron chi connectivity index (χ3n) is 2.40. The first-order valence-corrected chi connectivity index (χ1v) is 6.75. The topological polar surface area (TPSA) is 75.6 Å². The number of rotatable bonds is 6. The Hall–Kier alpha value is -0.860. The average Bonchev–Trinajstić information content (AvgIpc) is 2.33. The van der Waals surface area contributed by atoms with Gasteiger partial charge in [-0.2, -0.15) is 4.41 Å². The van der Waals surface area contributed by atoms with Crippen molar-refractivity contribution in [1.82, 2.24) is 9.42 Å². The Kier molecular flexibility index (Phi) is 6.02. The molecule has 5 nitrogen and oxygen atoms in total. The summed E-state index contributed by atoms with van der Waals surface area (Å²) in [5.74, 6) is -1.24. The summed E-state index contributed by atoms with van der Waals surface area (Å²) in [6.07, 6.45) is 0. The highest BCUT2D eigenvalue weighted by molar-refractivity contribution is 7.96. The summed E-state index contributed by atoms with van der Waals surface area (Å²) in [5, 5.41) is 1.72. The maximum Gasteiger partial charge on any atom is 0.251 e. The van der Waals surface area contributed by atoms with Crippen molar-refractivity contribution in [2.45, 2.75) is 6.54 Å². The predicted molar refractivity (Wildman–Crippen MR) is 75.8 cm³/mol. The summed E-state index contributed by atoms with van der Waals surface area (Å²) in [5.41, 5.74) is 10.9. The number of nitrogens with two attached hydrogens (primary N) is 2. The molecule has 106 valence electrons. The molecule has 0 fully saturated rings. The molecule has 0 unspecified atom stereocenters. The van der Waals surface area contributed by atoms with E-state index in [9.17, 15) is 9.18 Å². The Morgan fingerprint density at radius 1 is 1.47 bits per heavy atom. The molecule has 0 atom stereocenters. The zero-order valence-electron chi connectivity index (χ0n) is 10.7. The third-order valence-corrected chi connectivity index (χ3v) is 3.71. The van der Waals surface area contributed by atoms with Gasteiger partial charge in [-0.25, -0.2) is 9.40 Å². The number of benzene rings is 1. The molecule has 19 heavy (non-hydrogen) atoms. The number of nitrogens with zero attached hydrogens (tertiary/aromatic N) is 2. The van der Waals surface area contributed by atoms with Crippen molar-refractivity contribution >= 4 is 29.5 Å². The second kappa shape index (κ2) is 7.06. The van der Waals surface area contributed by atoms with Crippen LogP contribution in [0, 0.1) is 5.82 Å². The van der Waals surface area contributed by atoms with Crippen molar-refractivity contribution in [3.63, 3.8) is 0 Å². The monoisotopic (exact) mass is 306 g/mol. The van der Waals surface area contributed by atoms with E-state index in [2.05, 4.69) is 0 Å². The minimum absolute atomic E-state index is 0.0965. The summed E-state index contributed by atoms with van der Waals surface area (Å²) in [4.78, 5) is 11.0. The van der Waals surface area contributed by atoms with Crippen LogP contribution in [0.3, 0.4) is 0 Å². The third kappa shape index (κ3) is 4.05. The fourth-order valence-electron chi connectivity index (χ4n) is 1.44. The molecule has 1 rings (SSSR count). The first-order valence-electron chi connectivity index (χ1n) is 5.43. The van der Waals surface area contributed by atoms with Gasteiger partial charge in [0.05, 0.1) is 23.0 Å². The molecule has 0 aliphatic heterocycles. The quantitative estimate of drug-likeness (QED) is 0.472. The SMILES string of the molecule is CN(C)N(Cc1ccc(C(N)=O)c(F)c1Cl)SCN. The van der Waals surface area contributed by atoms with Gasteiger partial charge in [-0.05, 0) is 23.6 Å². The van der Waals surface area contributed by atoms with E-state index in [1.54, 1.807) is 6.07 Å². The lowest BCUT2D eigenvalue weighted by molar-refractivity contribution is 0.0996. The minimum Gasteiger partial charge on any atom is -0.366 e. The first kappa shape index (κ1) is 16.2. The largest absolute Gasteiger partial charge is 0.366 e. The molecule has 0 saturated carbocycles. The number of hydrogen-bond donors (Lipinski definition) is 2. The minimum atomic E-state index is -0.841. The lowest BCUT2D eigenvalue weighted by atomic mass is 10.1. The molecule has 0 spiro atoms. The lowest BCUT2D eigenvalue weighted by Gasteiger charge is -2.27. The van der Waals surface area contributed by atoms with E-state index in [1.165, 1.54) is 18.0 Å². The Balaban J connectivity index is 3.02. The second-order valence-electron chi connectivity index (χ2n) is 3.92. The molecule has 8 heteroatoms. The van der Waals surface area contributed by atoms with Crippen molar-refractivity contribution in [2.75, 3.05) is 20.0 Å². The van der Waals surface area contributed by atoms with Crippen LogP contribution in [0.15, 0.2) is 12.1 Å². The van der Waals surface area contributed by atoms with Crippen LogP contribution in [-0.4, -0.2) is 35.3 Å². The van der Waals surface area contributed by atoms with Gasteiger partial charge in [0.1, 0.15) is 0 Å². The van der Waals surface area contributed by atoms with E-state index >= 15 is 0 Å². The number of hydrazine groups is 1.